The zero-order chi connectivity index (χ0) is 14.4. The number of aliphatic hydroxyl groups excluding tert-OH is 1. The molecule has 19 heavy (non-hydrogen) atoms. The zero-order valence-corrected chi connectivity index (χ0v) is 12.8. The summed E-state index contributed by atoms with van der Waals surface area (Å²) in [5, 5.41) is 14.8. The SMILES string of the molecule is CCOC(C(C)C)C(O)Cc1ccn(C(C)CC)n1. The summed E-state index contributed by atoms with van der Waals surface area (Å²) in [6.07, 6.45) is 2.96. The topological polar surface area (TPSA) is 47.3 Å². The molecular weight excluding hydrogens is 240 g/mol. The fourth-order valence-electron chi connectivity index (χ4n) is 2.19. The van der Waals surface area contributed by atoms with Gasteiger partial charge in [-0.3, -0.25) is 4.68 Å². The molecule has 1 rings (SSSR count). The molecule has 4 heteroatoms. The highest BCUT2D eigenvalue weighted by molar-refractivity contribution is 5.02. The van der Waals surface area contributed by atoms with Crippen LogP contribution in [0, 0.1) is 5.92 Å². The minimum Gasteiger partial charge on any atom is -0.390 e. The van der Waals surface area contributed by atoms with E-state index in [9.17, 15) is 5.11 Å². The third kappa shape index (κ3) is 4.62. The number of aromatic nitrogens is 2. The van der Waals surface area contributed by atoms with Crippen molar-refractivity contribution in [1.29, 1.82) is 0 Å². The number of hydrogen-bond acceptors (Lipinski definition) is 3. The van der Waals surface area contributed by atoms with E-state index in [0.29, 0.717) is 25.0 Å². The first-order chi connectivity index (χ1) is 8.99. The standard InChI is InChI=1S/C15H28N2O2/c1-6-12(5)17-9-8-13(16-17)10-14(18)15(11(3)4)19-7-2/h8-9,11-12,14-15,18H,6-7,10H2,1-5H3. The van der Waals surface area contributed by atoms with Crippen molar-refractivity contribution >= 4 is 0 Å². The van der Waals surface area contributed by atoms with Gasteiger partial charge in [0, 0.05) is 25.3 Å². The molecule has 1 aromatic rings. The highest BCUT2D eigenvalue weighted by Gasteiger charge is 2.24. The summed E-state index contributed by atoms with van der Waals surface area (Å²) < 4.78 is 7.59. The number of nitrogens with zero attached hydrogens (tertiary/aromatic N) is 2. The Balaban J connectivity index is 2.64. The van der Waals surface area contributed by atoms with Crippen LogP contribution in [-0.4, -0.2) is 33.7 Å². The largest absolute Gasteiger partial charge is 0.390 e. The molecule has 0 bridgehead atoms. The summed E-state index contributed by atoms with van der Waals surface area (Å²) in [7, 11) is 0. The molecule has 1 aromatic heterocycles. The van der Waals surface area contributed by atoms with E-state index < -0.39 is 6.10 Å². The number of hydrogen-bond donors (Lipinski definition) is 1. The van der Waals surface area contributed by atoms with Gasteiger partial charge in [0.2, 0.25) is 0 Å². The van der Waals surface area contributed by atoms with E-state index in [1.165, 1.54) is 0 Å². The van der Waals surface area contributed by atoms with Gasteiger partial charge < -0.3 is 9.84 Å². The lowest BCUT2D eigenvalue weighted by atomic mass is 9.98. The Morgan fingerprint density at radius 1 is 1.32 bits per heavy atom. The third-order valence-corrected chi connectivity index (χ3v) is 3.52. The van der Waals surface area contributed by atoms with Crippen LogP contribution in [0.2, 0.25) is 0 Å². The molecule has 0 radical (unpaired) electrons. The van der Waals surface area contributed by atoms with E-state index in [1.54, 1.807) is 0 Å². The smallest absolute Gasteiger partial charge is 0.0860 e. The van der Waals surface area contributed by atoms with Crippen LogP contribution in [0.15, 0.2) is 12.3 Å². The summed E-state index contributed by atoms with van der Waals surface area (Å²) >= 11 is 0. The second-order valence-corrected chi connectivity index (χ2v) is 5.48. The first kappa shape index (κ1) is 16.2. The van der Waals surface area contributed by atoms with E-state index >= 15 is 0 Å². The minimum absolute atomic E-state index is 0.126. The van der Waals surface area contributed by atoms with E-state index in [1.807, 2.05) is 23.9 Å². The molecule has 0 saturated carbocycles. The van der Waals surface area contributed by atoms with Crippen molar-refractivity contribution in [2.75, 3.05) is 6.61 Å². The summed E-state index contributed by atoms with van der Waals surface area (Å²) in [6.45, 7) is 11.0. The van der Waals surface area contributed by atoms with Crippen LogP contribution in [0.25, 0.3) is 0 Å². The van der Waals surface area contributed by atoms with Gasteiger partial charge in [-0.15, -0.1) is 0 Å². The molecule has 0 spiro atoms. The Morgan fingerprint density at radius 2 is 2.00 bits per heavy atom. The second-order valence-electron chi connectivity index (χ2n) is 5.48. The van der Waals surface area contributed by atoms with Crippen molar-refractivity contribution < 1.29 is 9.84 Å². The van der Waals surface area contributed by atoms with Gasteiger partial charge in [0.1, 0.15) is 0 Å². The van der Waals surface area contributed by atoms with Gasteiger partial charge >= 0.3 is 0 Å². The molecule has 4 nitrogen and oxygen atoms in total. The fourth-order valence-corrected chi connectivity index (χ4v) is 2.19. The molecule has 3 atom stereocenters. The lowest BCUT2D eigenvalue weighted by Gasteiger charge is -2.25. The normalized spacial score (nSPS) is 16.6. The fraction of sp³-hybridized carbons (Fsp3) is 0.800. The molecule has 0 amide bonds. The van der Waals surface area contributed by atoms with Crippen LogP contribution < -0.4 is 0 Å². The Morgan fingerprint density at radius 3 is 2.53 bits per heavy atom. The molecule has 0 aromatic carbocycles. The van der Waals surface area contributed by atoms with Crippen molar-refractivity contribution in [3.63, 3.8) is 0 Å². The van der Waals surface area contributed by atoms with Gasteiger partial charge in [0.05, 0.1) is 17.9 Å². The second kappa shape index (κ2) is 7.65. The maximum Gasteiger partial charge on any atom is 0.0860 e. The summed E-state index contributed by atoms with van der Waals surface area (Å²) in [6, 6.07) is 2.39. The lowest BCUT2D eigenvalue weighted by Crippen LogP contribution is -2.35. The van der Waals surface area contributed by atoms with Crippen LogP contribution in [0.3, 0.4) is 0 Å². The molecule has 1 N–H and O–H groups in total. The average Bonchev–Trinajstić information content (AvgIpc) is 2.82. The monoisotopic (exact) mass is 268 g/mol. The highest BCUT2D eigenvalue weighted by Crippen LogP contribution is 2.16. The van der Waals surface area contributed by atoms with Crippen molar-refractivity contribution in [2.45, 2.75) is 65.7 Å². The van der Waals surface area contributed by atoms with Crippen LogP contribution in [0.4, 0.5) is 0 Å². The van der Waals surface area contributed by atoms with Crippen LogP contribution in [0.5, 0.6) is 0 Å². The van der Waals surface area contributed by atoms with Gasteiger partial charge in [0.25, 0.3) is 0 Å². The van der Waals surface area contributed by atoms with Crippen LogP contribution >= 0.6 is 0 Å². The quantitative estimate of drug-likeness (QED) is 0.788. The Hall–Kier alpha value is -0.870. The first-order valence-electron chi connectivity index (χ1n) is 7.33. The van der Waals surface area contributed by atoms with Gasteiger partial charge in [-0.1, -0.05) is 20.8 Å². The maximum atomic E-state index is 10.3. The predicted octanol–water partition coefficient (Wildman–Crippen LogP) is 2.82. The van der Waals surface area contributed by atoms with E-state index in [0.717, 1.165) is 12.1 Å². The molecular formula is C15H28N2O2. The van der Waals surface area contributed by atoms with Crippen molar-refractivity contribution in [1.82, 2.24) is 9.78 Å². The molecule has 1 heterocycles. The van der Waals surface area contributed by atoms with Gasteiger partial charge in [0.15, 0.2) is 0 Å². The lowest BCUT2D eigenvalue weighted by molar-refractivity contribution is -0.0565. The molecule has 0 fully saturated rings. The summed E-state index contributed by atoms with van der Waals surface area (Å²) in [4.78, 5) is 0. The van der Waals surface area contributed by atoms with Crippen molar-refractivity contribution in [3.05, 3.63) is 18.0 Å². The third-order valence-electron chi connectivity index (χ3n) is 3.52. The zero-order valence-electron chi connectivity index (χ0n) is 12.8. The van der Waals surface area contributed by atoms with Crippen molar-refractivity contribution in [2.24, 2.45) is 5.92 Å². The average molecular weight is 268 g/mol. The first-order valence-corrected chi connectivity index (χ1v) is 7.33. The molecule has 0 aliphatic heterocycles. The molecule has 0 aliphatic rings. The molecule has 3 unspecified atom stereocenters. The van der Waals surface area contributed by atoms with E-state index in [-0.39, 0.29) is 6.10 Å². The maximum absolute atomic E-state index is 10.3. The van der Waals surface area contributed by atoms with Crippen LogP contribution in [-0.2, 0) is 11.2 Å². The van der Waals surface area contributed by atoms with E-state index in [2.05, 4.69) is 32.8 Å². The van der Waals surface area contributed by atoms with Crippen LogP contribution in [0.1, 0.15) is 52.8 Å². The number of rotatable bonds is 8. The van der Waals surface area contributed by atoms with E-state index in [4.69, 9.17) is 4.74 Å². The van der Waals surface area contributed by atoms with Gasteiger partial charge in [-0.2, -0.15) is 5.10 Å². The van der Waals surface area contributed by atoms with Gasteiger partial charge in [-0.05, 0) is 32.3 Å². The molecule has 0 aliphatic carbocycles. The summed E-state index contributed by atoms with van der Waals surface area (Å²) in [5.41, 5.74) is 0.929. The molecule has 0 saturated heterocycles. The Labute approximate surface area is 116 Å². The van der Waals surface area contributed by atoms with Gasteiger partial charge in [-0.25, -0.2) is 0 Å². The number of ether oxygens (including phenoxy) is 1. The molecule has 110 valence electrons. The Kier molecular flexibility index (Phi) is 6.52. The van der Waals surface area contributed by atoms with Crippen molar-refractivity contribution in [3.8, 4) is 0 Å². The minimum atomic E-state index is -0.500. The number of aliphatic hydroxyl groups is 1. The predicted molar refractivity (Wildman–Crippen MR) is 77.2 cm³/mol. The highest BCUT2D eigenvalue weighted by atomic mass is 16.5. The Bertz CT molecular complexity index is 363. The summed E-state index contributed by atoms with van der Waals surface area (Å²) in [5.74, 6) is 0.298.